The lowest BCUT2D eigenvalue weighted by Gasteiger charge is -2.27. The molecule has 0 N–H and O–H groups in total. The number of hydrogen-bond donors (Lipinski definition) is 0. The number of hydrogen-bond acceptors (Lipinski definition) is 4. The Morgan fingerprint density at radius 3 is 2.76 bits per heavy atom. The van der Waals surface area contributed by atoms with E-state index in [4.69, 9.17) is 4.99 Å². The Kier molecular flexibility index (Phi) is 3.49. The van der Waals surface area contributed by atoms with E-state index in [0.29, 0.717) is 5.25 Å². The predicted octanol–water partition coefficient (Wildman–Crippen LogP) is 4.42. The van der Waals surface area contributed by atoms with E-state index in [0.717, 1.165) is 18.3 Å². The van der Waals surface area contributed by atoms with Crippen LogP contribution in [0, 0.1) is 13.8 Å². The van der Waals surface area contributed by atoms with E-state index in [1.165, 1.54) is 35.0 Å². The average Bonchev–Trinajstić information content (AvgIpc) is 3.19. The second-order valence-electron chi connectivity index (χ2n) is 7.56. The Balaban J connectivity index is 1.61. The number of rotatable bonds is 3. The zero-order valence-corrected chi connectivity index (χ0v) is 15.8. The van der Waals surface area contributed by atoms with Gasteiger partial charge in [0.2, 0.25) is 0 Å². The van der Waals surface area contributed by atoms with Gasteiger partial charge in [-0.1, -0.05) is 24.8 Å². The highest BCUT2D eigenvalue weighted by Gasteiger charge is 2.45. The molecule has 2 fully saturated rings. The summed E-state index contributed by atoms with van der Waals surface area (Å²) in [6.45, 7) is 7.92. The highest BCUT2D eigenvalue weighted by atomic mass is 32.2. The number of aliphatic imine (C=N–C) groups is 1. The minimum atomic E-state index is 0.101. The molecule has 0 radical (unpaired) electrons. The third-order valence-electron chi connectivity index (χ3n) is 5.64. The van der Waals surface area contributed by atoms with Crippen molar-refractivity contribution < 1.29 is 0 Å². The van der Waals surface area contributed by atoms with E-state index in [1.807, 2.05) is 24.0 Å². The lowest BCUT2D eigenvalue weighted by atomic mass is 9.96. The molecule has 2 aromatic rings. The van der Waals surface area contributed by atoms with Gasteiger partial charge >= 0.3 is 0 Å². The largest absolute Gasteiger partial charge is 0.346 e. The molecule has 4 nitrogen and oxygen atoms in total. The number of pyridine rings is 1. The quantitative estimate of drug-likeness (QED) is 0.820. The lowest BCUT2D eigenvalue weighted by Crippen LogP contribution is -2.28. The molecule has 0 spiro atoms. The molecule has 25 heavy (non-hydrogen) atoms. The molecule has 3 atom stereocenters. The third kappa shape index (κ3) is 2.43. The van der Waals surface area contributed by atoms with Gasteiger partial charge < -0.3 is 9.47 Å². The van der Waals surface area contributed by atoms with Gasteiger partial charge in [-0.2, -0.15) is 0 Å². The summed E-state index contributed by atoms with van der Waals surface area (Å²) in [6.07, 6.45) is 4.53. The van der Waals surface area contributed by atoms with Crippen molar-refractivity contribution in [3.8, 4) is 0 Å². The van der Waals surface area contributed by atoms with Crippen molar-refractivity contribution in [3.63, 3.8) is 0 Å². The highest BCUT2D eigenvalue weighted by Crippen LogP contribution is 2.49. The molecule has 130 valence electrons. The third-order valence-corrected chi connectivity index (χ3v) is 6.74. The molecule has 1 aliphatic carbocycles. The maximum Gasteiger partial charge on any atom is 0.160 e. The van der Waals surface area contributed by atoms with Gasteiger partial charge in [0.05, 0.1) is 11.7 Å². The molecule has 5 heteroatoms. The van der Waals surface area contributed by atoms with E-state index >= 15 is 0 Å². The van der Waals surface area contributed by atoms with Gasteiger partial charge in [-0.3, -0.25) is 9.98 Å². The molecule has 0 amide bonds. The van der Waals surface area contributed by atoms with Gasteiger partial charge in [0.1, 0.15) is 6.04 Å². The Labute approximate surface area is 153 Å². The maximum atomic E-state index is 5.10. The Morgan fingerprint density at radius 1 is 1.20 bits per heavy atom. The molecule has 0 bridgehead atoms. The summed E-state index contributed by atoms with van der Waals surface area (Å²) in [7, 11) is 0. The van der Waals surface area contributed by atoms with Crippen LogP contribution in [0.1, 0.15) is 60.5 Å². The molecule has 0 unspecified atom stereocenters. The topological polar surface area (TPSA) is 33.4 Å². The van der Waals surface area contributed by atoms with E-state index in [9.17, 15) is 0 Å². The van der Waals surface area contributed by atoms with Crippen molar-refractivity contribution in [3.05, 3.63) is 53.1 Å². The van der Waals surface area contributed by atoms with Gasteiger partial charge in [-0.05, 0) is 50.5 Å². The monoisotopic (exact) mass is 352 g/mol. The first-order chi connectivity index (χ1) is 12.1. The van der Waals surface area contributed by atoms with Gasteiger partial charge in [0, 0.05) is 35.4 Å². The maximum absolute atomic E-state index is 5.10. The number of nitrogens with zero attached hydrogens (tertiary/aromatic N) is 4. The number of thioether (sulfide) groups is 1. The molecule has 2 aliphatic heterocycles. The van der Waals surface area contributed by atoms with E-state index in [2.05, 4.69) is 53.4 Å². The summed E-state index contributed by atoms with van der Waals surface area (Å²) in [4.78, 5) is 12.3. The lowest BCUT2D eigenvalue weighted by molar-refractivity contribution is 0.320. The normalized spacial score (nSPS) is 28.4. The summed E-state index contributed by atoms with van der Waals surface area (Å²) in [5.74, 6) is 0. The summed E-state index contributed by atoms with van der Waals surface area (Å²) in [6, 6.07) is 9.68. The molecular weight excluding hydrogens is 328 g/mol. The van der Waals surface area contributed by atoms with Crippen molar-refractivity contribution in [2.75, 3.05) is 6.54 Å². The van der Waals surface area contributed by atoms with Crippen LogP contribution in [0.15, 0.2) is 35.5 Å². The second kappa shape index (κ2) is 5.63. The fraction of sp³-hybridized carbons (Fsp3) is 0.500. The van der Waals surface area contributed by atoms with Crippen molar-refractivity contribution in [1.82, 2.24) is 14.5 Å². The van der Waals surface area contributed by atoms with E-state index in [1.54, 1.807) is 0 Å². The Bertz CT molecular complexity index is 837. The van der Waals surface area contributed by atoms with Gasteiger partial charge in [-0.15, -0.1) is 0 Å². The van der Waals surface area contributed by atoms with Crippen molar-refractivity contribution in [2.45, 2.75) is 57.0 Å². The molecule has 5 rings (SSSR count). The zero-order chi connectivity index (χ0) is 17.1. The Hall–Kier alpha value is -1.75. The summed E-state index contributed by atoms with van der Waals surface area (Å²) >= 11 is 1.91. The average molecular weight is 353 g/mol. The zero-order valence-electron chi connectivity index (χ0n) is 15.0. The molecule has 2 aromatic heterocycles. The van der Waals surface area contributed by atoms with Gasteiger partial charge in [0.25, 0.3) is 0 Å². The molecule has 0 aromatic carbocycles. The van der Waals surface area contributed by atoms with Crippen molar-refractivity contribution >= 4 is 16.9 Å². The molecule has 1 saturated heterocycles. The van der Waals surface area contributed by atoms with E-state index < -0.39 is 0 Å². The molecule has 3 aliphatic rings. The number of amidine groups is 1. The summed E-state index contributed by atoms with van der Waals surface area (Å²) in [5, 5.41) is 1.81. The molecular formula is C20H24N4S. The van der Waals surface area contributed by atoms with Gasteiger partial charge in [-0.25, -0.2) is 0 Å². The fourth-order valence-electron chi connectivity index (χ4n) is 4.45. The number of fused-ring (bicyclic) bond motifs is 1. The first kappa shape index (κ1) is 15.5. The standard InChI is InChI=1S/C20H24N4S/c1-12-10-16(14(3)24(12)15-7-8-15)19-18(17-6-4-5-9-21-17)22-20-23(19)11-13(2)25-20/h4-6,9-10,13,15,18-19H,7-8,11H2,1-3H3/t13-,18+,19-/m1/s1. The van der Waals surface area contributed by atoms with Crippen LogP contribution in [0.4, 0.5) is 0 Å². The molecule has 1 saturated carbocycles. The fourth-order valence-corrected chi connectivity index (χ4v) is 5.54. The van der Waals surface area contributed by atoms with Crippen molar-refractivity contribution in [1.29, 1.82) is 0 Å². The van der Waals surface area contributed by atoms with Crippen LogP contribution in [-0.4, -0.2) is 31.4 Å². The summed E-state index contributed by atoms with van der Waals surface area (Å²) in [5.41, 5.74) is 5.34. The number of aromatic nitrogens is 2. The summed E-state index contributed by atoms with van der Waals surface area (Å²) < 4.78 is 2.55. The number of aryl methyl sites for hydroxylation is 1. The van der Waals surface area contributed by atoms with Crippen LogP contribution in [0.2, 0.25) is 0 Å². The molecule has 4 heterocycles. The highest BCUT2D eigenvalue weighted by molar-refractivity contribution is 8.14. The van der Waals surface area contributed by atoms with Crippen LogP contribution < -0.4 is 0 Å². The van der Waals surface area contributed by atoms with Gasteiger partial charge in [0.15, 0.2) is 5.17 Å². The van der Waals surface area contributed by atoms with Crippen LogP contribution in [0.3, 0.4) is 0 Å². The first-order valence-electron chi connectivity index (χ1n) is 9.24. The smallest absolute Gasteiger partial charge is 0.160 e. The Morgan fingerprint density at radius 2 is 2.04 bits per heavy atom. The predicted molar refractivity (Wildman–Crippen MR) is 103 cm³/mol. The van der Waals surface area contributed by atoms with Crippen LogP contribution in [0.5, 0.6) is 0 Å². The van der Waals surface area contributed by atoms with Crippen LogP contribution in [0.25, 0.3) is 0 Å². The second-order valence-corrected chi connectivity index (χ2v) is 8.97. The SMILES string of the molecule is Cc1cc([C@@H]2[C@H](c3ccccn3)N=C3S[C@H](C)CN32)c(C)n1C1CC1. The minimum Gasteiger partial charge on any atom is -0.346 e. The first-order valence-corrected chi connectivity index (χ1v) is 10.1. The van der Waals surface area contributed by atoms with E-state index in [-0.39, 0.29) is 12.1 Å². The minimum absolute atomic E-state index is 0.101. The van der Waals surface area contributed by atoms with Crippen LogP contribution >= 0.6 is 11.8 Å². The van der Waals surface area contributed by atoms with Crippen molar-refractivity contribution in [2.24, 2.45) is 4.99 Å². The van der Waals surface area contributed by atoms with Crippen LogP contribution in [-0.2, 0) is 0 Å².